The smallest absolute Gasteiger partial charge is 0.282 e. The number of aromatic nitrogens is 2. The predicted octanol–water partition coefficient (Wildman–Crippen LogP) is 3.59. The quantitative estimate of drug-likeness (QED) is 0.933. The van der Waals surface area contributed by atoms with Gasteiger partial charge in [0.25, 0.3) is 5.56 Å². The Morgan fingerprint density at radius 2 is 1.96 bits per heavy atom. The summed E-state index contributed by atoms with van der Waals surface area (Å²) in [6.07, 6.45) is 6.43. The summed E-state index contributed by atoms with van der Waals surface area (Å²) in [4.78, 5) is 31.3. The maximum absolute atomic E-state index is 12.7. The Bertz CT molecular complexity index is 800. The number of hydrogen-bond acceptors (Lipinski definition) is 4. The van der Waals surface area contributed by atoms with Crippen LogP contribution in [0.2, 0.25) is 0 Å². The minimum absolute atomic E-state index is 0.0662. The molecule has 0 saturated heterocycles. The Balaban J connectivity index is 1.86. The molecule has 5 nitrogen and oxygen atoms in total. The van der Waals surface area contributed by atoms with Crippen molar-refractivity contribution in [2.75, 3.05) is 5.32 Å². The van der Waals surface area contributed by atoms with Crippen molar-refractivity contribution in [2.24, 2.45) is 5.92 Å². The van der Waals surface area contributed by atoms with E-state index in [-0.39, 0.29) is 11.5 Å². The lowest BCUT2D eigenvalue weighted by molar-refractivity contribution is -0.117. The number of rotatable bonds is 3. The van der Waals surface area contributed by atoms with Gasteiger partial charge in [-0.2, -0.15) is 0 Å². The molecule has 1 fully saturated rings. The Hall–Kier alpha value is -1.69. The van der Waals surface area contributed by atoms with E-state index < -0.39 is 0 Å². The molecule has 2 heterocycles. The molecule has 1 N–H and O–H groups in total. The van der Waals surface area contributed by atoms with Crippen LogP contribution in [-0.4, -0.2) is 15.3 Å². The van der Waals surface area contributed by atoms with Crippen LogP contribution < -0.4 is 10.9 Å². The van der Waals surface area contributed by atoms with Crippen LogP contribution in [0.1, 0.15) is 54.8 Å². The van der Waals surface area contributed by atoms with Gasteiger partial charge in [-0.3, -0.25) is 14.0 Å². The maximum Gasteiger partial charge on any atom is 0.282 e. The average Bonchev–Trinajstić information content (AvgIpc) is 2.79. The van der Waals surface area contributed by atoms with E-state index in [2.05, 4.69) is 10.3 Å². The lowest BCUT2D eigenvalue weighted by Crippen LogP contribution is -2.26. The SMILES string of the molecule is Cc1nc2sc(C)c(C)n2c(=O)c1NC(=O)CC1CCCCC1. The Labute approximate surface area is 139 Å². The number of hydrogen-bond donors (Lipinski definition) is 1. The zero-order valence-corrected chi connectivity index (χ0v) is 14.8. The topological polar surface area (TPSA) is 63.5 Å². The number of aryl methyl sites for hydroxylation is 3. The number of amides is 1. The molecule has 0 atom stereocenters. The van der Waals surface area contributed by atoms with Crippen molar-refractivity contribution >= 4 is 27.9 Å². The molecule has 6 heteroatoms. The van der Waals surface area contributed by atoms with Gasteiger partial charge in [-0.25, -0.2) is 4.98 Å². The van der Waals surface area contributed by atoms with Crippen LogP contribution in [0, 0.1) is 26.7 Å². The highest BCUT2D eigenvalue weighted by Crippen LogP contribution is 2.27. The summed E-state index contributed by atoms with van der Waals surface area (Å²) in [5, 5.41) is 2.82. The van der Waals surface area contributed by atoms with Gasteiger partial charge in [0, 0.05) is 17.0 Å². The van der Waals surface area contributed by atoms with Crippen LogP contribution in [0.15, 0.2) is 4.79 Å². The van der Waals surface area contributed by atoms with Gasteiger partial charge in [-0.15, -0.1) is 11.3 Å². The number of carbonyl (C=O) groups is 1. The molecule has 2 aromatic rings. The van der Waals surface area contributed by atoms with Gasteiger partial charge in [0.1, 0.15) is 5.69 Å². The van der Waals surface area contributed by atoms with Gasteiger partial charge < -0.3 is 5.32 Å². The van der Waals surface area contributed by atoms with Gasteiger partial charge in [-0.05, 0) is 39.5 Å². The van der Waals surface area contributed by atoms with Gasteiger partial charge in [0.05, 0.1) is 5.69 Å². The van der Waals surface area contributed by atoms with E-state index in [1.807, 2.05) is 13.8 Å². The van der Waals surface area contributed by atoms with Crippen LogP contribution in [0.5, 0.6) is 0 Å². The largest absolute Gasteiger partial charge is 0.320 e. The van der Waals surface area contributed by atoms with E-state index in [9.17, 15) is 9.59 Å². The lowest BCUT2D eigenvalue weighted by Gasteiger charge is -2.20. The summed E-state index contributed by atoms with van der Waals surface area (Å²) in [5.74, 6) is 0.386. The third-order valence-electron chi connectivity index (χ3n) is 4.79. The standard InChI is InChI=1S/C17H23N3O2S/c1-10-15(19-14(21)9-13-7-5-4-6-8-13)16(22)20-11(2)12(3)23-17(20)18-10/h13H,4-9H2,1-3H3,(H,19,21). The van der Waals surface area contributed by atoms with Crippen molar-refractivity contribution in [1.29, 1.82) is 0 Å². The van der Waals surface area contributed by atoms with Crippen molar-refractivity contribution in [3.05, 3.63) is 26.6 Å². The summed E-state index contributed by atoms with van der Waals surface area (Å²) < 4.78 is 1.60. The monoisotopic (exact) mass is 333 g/mol. The molecule has 0 spiro atoms. The summed E-state index contributed by atoms with van der Waals surface area (Å²) in [6, 6.07) is 0. The van der Waals surface area contributed by atoms with Gasteiger partial charge in [0.15, 0.2) is 4.96 Å². The van der Waals surface area contributed by atoms with Crippen LogP contribution in [0.4, 0.5) is 5.69 Å². The van der Waals surface area contributed by atoms with E-state index in [4.69, 9.17) is 0 Å². The van der Waals surface area contributed by atoms with Crippen LogP contribution in [0.3, 0.4) is 0 Å². The molecule has 0 radical (unpaired) electrons. The second kappa shape index (κ2) is 6.43. The summed E-state index contributed by atoms with van der Waals surface area (Å²) >= 11 is 1.50. The Morgan fingerprint density at radius 1 is 1.26 bits per heavy atom. The molecule has 3 rings (SSSR count). The highest BCUT2D eigenvalue weighted by atomic mass is 32.1. The van der Waals surface area contributed by atoms with E-state index in [1.165, 1.54) is 30.6 Å². The van der Waals surface area contributed by atoms with Crippen molar-refractivity contribution < 1.29 is 4.79 Å². The first-order valence-corrected chi connectivity index (χ1v) is 9.08. The number of anilines is 1. The minimum Gasteiger partial charge on any atom is -0.320 e. The molecule has 1 aliphatic rings. The van der Waals surface area contributed by atoms with E-state index >= 15 is 0 Å². The highest BCUT2D eigenvalue weighted by molar-refractivity contribution is 7.17. The van der Waals surface area contributed by atoms with Crippen molar-refractivity contribution in [3.8, 4) is 0 Å². The maximum atomic E-state index is 12.7. The molecule has 0 unspecified atom stereocenters. The fourth-order valence-corrected chi connectivity index (χ4v) is 4.33. The van der Waals surface area contributed by atoms with E-state index in [1.54, 1.807) is 11.3 Å². The molecule has 23 heavy (non-hydrogen) atoms. The molecule has 1 saturated carbocycles. The molecule has 0 aromatic carbocycles. The molecule has 0 bridgehead atoms. The van der Waals surface area contributed by atoms with Crippen molar-refractivity contribution in [2.45, 2.75) is 59.3 Å². The fraction of sp³-hybridized carbons (Fsp3) is 0.588. The molecule has 1 aliphatic carbocycles. The highest BCUT2D eigenvalue weighted by Gasteiger charge is 2.20. The fourth-order valence-electron chi connectivity index (χ4n) is 3.32. The number of thiazole rings is 1. The summed E-state index contributed by atoms with van der Waals surface area (Å²) in [6.45, 7) is 5.66. The van der Waals surface area contributed by atoms with Crippen LogP contribution >= 0.6 is 11.3 Å². The van der Waals surface area contributed by atoms with Gasteiger partial charge in [0.2, 0.25) is 5.91 Å². The van der Waals surface area contributed by atoms with Crippen LogP contribution in [0.25, 0.3) is 4.96 Å². The molecule has 0 aliphatic heterocycles. The second-order valence-electron chi connectivity index (χ2n) is 6.50. The summed E-state index contributed by atoms with van der Waals surface area (Å²) in [7, 11) is 0. The normalized spacial score (nSPS) is 16.0. The number of nitrogens with zero attached hydrogens (tertiary/aromatic N) is 2. The van der Waals surface area contributed by atoms with Crippen LogP contribution in [-0.2, 0) is 4.79 Å². The lowest BCUT2D eigenvalue weighted by atomic mass is 9.87. The number of nitrogens with one attached hydrogen (secondary N) is 1. The first-order chi connectivity index (χ1) is 11.0. The third kappa shape index (κ3) is 3.17. The van der Waals surface area contributed by atoms with E-state index in [0.29, 0.717) is 28.7 Å². The van der Waals surface area contributed by atoms with Crippen molar-refractivity contribution in [3.63, 3.8) is 0 Å². The zero-order chi connectivity index (χ0) is 16.6. The zero-order valence-electron chi connectivity index (χ0n) is 13.9. The first kappa shape index (κ1) is 16.2. The Kier molecular flexibility index (Phi) is 4.53. The second-order valence-corrected chi connectivity index (χ2v) is 7.68. The third-order valence-corrected chi connectivity index (χ3v) is 5.84. The molecular formula is C17H23N3O2S. The molecular weight excluding hydrogens is 310 g/mol. The molecule has 2 aromatic heterocycles. The number of carbonyl (C=O) groups excluding carboxylic acids is 1. The van der Waals surface area contributed by atoms with Gasteiger partial charge >= 0.3 is 0 Å². The summed E-state index contributed by atoms with van der Waals surface area (Å²) in [5.41, 5.74) is 1.63. The van der Waals surface area contributed by atoms with E-state index in [0.717, 1.165) is 23.4 Å². The Morgan fingerprint density at radius 3 is 2.65 bits per heavy atom. The first-order valence-electron chi connectivity index (χ1n) is 8.26. The molecule has 1 amide bonds. The number of fused-ring (bicyclic) bond motifs is 1. The van der Waals surface area contributed by atoms with Crippen molar-refractivity contribution in [1.82, 2.24) is 9.38 Å². The average molecular weight is 333 g/mol. The predicted molar refractivity (Wildman–Crippen MR) is 93.4 cm³/mol. The van der Waals surface area contributed by atoms with Gasteiger partial charge in [-0.1, -0.05) is 19.3 Å². The minimum atomic E-state index is -0.175. The molecule has 124 valence electrons.